The molecule has 1 aromatic carbocycles. The first-order chi connectivity index (χ1) is 11.5. The van der Waals surface area contributed by atoms with Gasteiger partial charge in [0.25, 0.3) is 0 Å². The molecule has 1 saturated heterocycles. The third-order valence-corrected chi connectivity index (χ3v) is 4.56. The molecular weight excluding hydrogens is 354 g/mol. The van der Waals surface area contributed by atoms with E-state index in [-0.39, 0.29) is 16.8 Å². The number of carbonyl (C=O) groups excluding carboxylic acids is 1. The van der Waals surface area contributed by atoms with Gasteiger partial charge in [0.2, 0.25) is 5.91 Å². The number of halogens is 3. The van der Waals surface area contributed by atoms with Crippen molar-refractivity contribution in [2.75, 3.05) is 23.3 Å². The number of hydrogen-bond donors (Lipinski definition) is 1. The summed E-state index contributed by atoms with van der Waals surface area (Å²) in [6, 6.07) is 4.14. The molecule has 1 aromatic heterocycles. The lowest BCUT2D eigenvalue weighted by atomic mass is 9.96. The van der Waals surface area contributed by atoms with Crippen LogP contribution < -0.4 is 10.2 Å². The molecule has 3 rings (SSSR count). The average Bonchev–Trinajstić information content (AvgIpc) is 2.59. The van der Waals surface area contributed by atoms with Crippen molar-refractivity contribution in [2.45, 2.75) is 12.8 Å². The summed E-state index contributed by atoms with van der Waals surface area (Å²) in [5.74, 6) is -0.0302. The average molecular weight is 369 g/mol. The summed E-state index contributed by atoms with van der Waals surface area (Å²) in [4.78, 5) is 22.5. The first kappa shape index (κ1) is 16.9. The van der Waals surface area contributed by atoms with E-state index in [9.17, 15) is 9.18 Å². The van der Waals surface area contributed by atoms with Crippen molar-refractivity contribution in [3.8, 4) is 0 Å². The number of nitrogens with one attached hydrogen (secondary N) is 1. The Hall–Kier alpha value is -1.92. The normalized spacial score (nSPS) is 15.4. The van der Waals surface area contributed by atoms with E-state index < -0.39 is 5.82 Å². The van der Waals surface area contributed by atoms with Crippen LogP contribution in [0.3, 0.4) is 0 Å². The van der Waals surface area contributed by atoms with Crippen LogP contribution in [0, 0.1) is 11.7 Å². The minimum Gasteiger partial charge on any atom is -0.355 e. The Labute approximate surface area is 148 Å². The Bertz CT molecular complexity index is 751. The Morgan fingerprint density at radius 1 is 1.25 bits per heavy atom. The molecule has 8 heteroatoms. The SMILES string of the molecule is O=C(Nc1ccc(F)c(Cl)c1)C1CCN(c2ncncc2Cl)CC1. The minimum absolute atomic E-state index is 0.0129. The second kappa shape index (κ2) is 7.32. The van der Waals surface area contributed by atoms with Gasteiger partial charge >= 0.3 is 0 Å². The third-order valence-electron chi connectivity index (χ3n) is 4.00. The van der Waals surface area contributed by atoms with Gasteiger partial charge in [-0.3, -0.25) is 4.79 Å². The van der Waals surface area contributed by atoms with Crippen LogP contribution in [0.15, 0.2) is 30.7 Å². The van der Waals surface area contributed by atoms with Gasteiger partial charge in [0, 0.05) is 24.7 Å². The number of anilines is 2. The Balaban J connectivity index is 1.59. The third kappa shape index (κ3) is 3.76. The van der Waals surface area contributed by atoms with Crippen molar-refractivity contribution in [2.24, 2.45) is 5.92 Å². The smallest absolute Gasteiger partial charge is 0.227 e. The molecule has 0 saturated carbocycles. The predicted octanol–water partition coefficient (Wildman–Crippen LogP) is 3.78. The number of rotatable bonds is 3. The van der Waals surface area contributed by atoms with Gasteiger partial charge in [-0.25, -0.2) is 14.4 Å². The lowest BCUT2D eigenvalue weighted by Crippen LogP contribution is -2.38. The largest absolute Gasteiger partial charge is 0.355 e. The summed E-state index contributed by atoms with van der Waals surface area (Å²) in [5, 5.41) is 3.27. The van der Waals surface area contributed by atoms with E-state index >= 15 is 0 Å². The Morgan fingerprint density at radius 3 is 2.67 bits per heavy atom. The maximum Gasteiger partial charge on any atom is 0.227 e. The van der Waals surface area contributed by atoms with E-state index in [2.05, 4.69) is 15.3 Å². The van der Waals surface area contributed by atoms with E-state index in [0.717, 1.165) is 0 Å². The van der Waals surface area contributed by atoms with Crippen LogP contribution in [0.5, 0.6) is 0 Å². The number of carbonyl (C=O) groups is 1. The van der Waals surface area contributed by atoms with E-state index in [1.807, 2.05) is 4.90 Å². The molecule has 24 heavy (non-hydrogen) atoms. The van der Waals surface area contributed by atoms with Crippen LogP contribution in [0.2, 0.25) is 10.0 Å². The standard InChI is InChI=1S/C16H15Cl2FN4O/c17-12-7-11(1-2-14(12)19)22-16(24)10-3-5-23(6-4-10)15-13(18)8-20-9-21-15/h1-2,7-10H,3-6H2,(H,22,24). The molecule has 1 amide bonds. The number of amides is 1. The van der Waals surface area contributed by atoms with Crippen molar-refractivity contribution >= 4 is 40.6 Å². The fourth-order valence-electron chi connectivity index (χ4n) is 2.71. The number of benzene rings is 1. The van der Waals surface area contributed by atoms with Crippen molar-refractivity contribution in [1.82, 2.24) is 9.97 Å². The number of aromatic nitrogens is 2. The summed E-state index contributed by atoms with van der Waals surface area (Å²) < 4.78 is 13.2. The highest BCUT2D eigenvalue weighted by molar-refractivity contribution is 6.32. The fourth-order valence-corrected chi connectivity index (χ4v) is 3.12. The maximum absolute atomic E-state index is 13.2. The molecule has 2 heterocycles. The van der Waals surface area contributed by atoms with Crippen LogP contribution in [-0.4, -0.2) is 29.0 Å². The van der Waals surface area contributed by atoms with Gasteiger partial charge in [-0.2, -0.15) is 0 Å². The van der Waals surface area contributed by atoms with Gasteiger partial charge in [-0.15, -0.1) is 0 Å². The first-order valence-corrected chi connectivity index (χ1v) is 8.26. The minimum atomic E-state index is -0.510. The highest BCUT2D eigenvalue weighted by Crippen LogP contribution is 2.27. The van der Waals surface area contributed by atoms with Crippen molar-refractivity contribution in [3.05, 3.63) is 46.6 Å². The molecule has 0 unspecified atom stereocenters. The van der Waals surface area contributed by atoms with Crippen LogP contribution in [0.25, 0.3) is 0 Å². The summed E-state index contributed by atoms with van der Waals surface area (Å²) >= 11 is 11.8. The van der Waals surface area contributed by atoms with E-state index in [1.54, 1.807) is 6.20 Å². The van der Waals surface area contributed by atoms with Crippen molar-refractivity contribution < 1.29 is 9.18 Å². The van der Waals surface area contributed by atoms with E-state index in [4.69, 9.17) is 23.2 Å². The monoisotopic (exact) mass is 368 g/mol. The van der Waals surface area contributed by atoms with E-state index in [0.29, 0.717) is 42.5 Å². The molecule has 0 radical (unpaired) electrons. The van der Waals surface area contributed by atoms with Crippen LogP contribution in [0.4, 0.5) is 15.9 Å². The van der Waals surface area contributed by atoms with Gasteiger partial charge in [0.05, 0.1) is 11.2 Å². The van der Waals surface area contributed by atoms with E-state index in [1.165, 1.54) is 24.5 Å². The molecule has 1 aliphatic heterocycles. The summed E-state index contributed by atoms with van der Waals surface area (Å²) in [6.45, 7) is 1.36. The predicted molar refractivity (Wildman–Crippen MR) is 92.0 cm³/mol. The van der Waals surface area contributed by atoms with Gasteiger partial charge in [-0.1, -0.05) is 23.2 Å². The fraction of sp³-hybridized carbons (Fsp3) is 0.312. The summed E-state index contributed by atoms with van der Waals surface area (Å²) in [6.07, 6.45) is 4.38. The molecule has 0 bridgehead atoms. The Morgan fingerprint density at radius 2 is 2.00 bits per heavy atom. The van der Waals surface area contributed by atoms with Crippen molar-refractivity contribution in [1.29, 1.82) is 0 Å². The van der Waals surface area contributed by atoms with Crippen LogP contribution in [-0.2, 0) is 4.79 Å². The van der Waals surface area contributed by atoms with Crippen molar-refractivity contribution in [3.63, 3.8) is 0 Å². The molecule has 126 valence electrons. The van der Waals surface area contributed by atoms with Gasteiger partial charge in [-0.05, 0) is 31.0 Å². The topological polar surface area (TPSA) is 58.1 Å². The van der Waals surface area contributed by atoms with Gasteiger partial charge in [0.1, 0.15) is 17.2 Å². The van der Waals surface area contributed by atoms with Crippen LogP contribution in [0.1, 0.15) is 12.8 Å². The molecule has 0 atom stereocenters. The van der Waals surface area contributed by atoms with Gasteiger partial charge < -0.3 is 10.2 Å². The number of nitrogens with zero attached hydrogens (tertiary/aromatic N) is 3. The molecule has 1 N–H and O–H groups in total. The highest BCUT2D eigenvalue weighted by atomic mass is 35.5. The molecule has 0 spiro atoms. The maximum atomic E-state index is 13.2. The zero-order chi connectivity index (χ0) is 17.1. The zero-order valence-electron chi connectivity index (χ0n) is 12.7. The van der Waals surface area contributed by atoms with Gasteiger partial charge in [0.15, 0.2) is 5.82 Å². The molecule has 1 fully saturated rings. The lowest BCUT2D eigenvalue weighted by Gasteiger charge is -2.32. The molecular formula is C16H15Cl2FN4O. The highest BCUT2D eigenvalue weighted by Gasteiger charge is 2.26. The zero-order valence-corrected chi connectivity index (χ0v) is 14.2. The Kier molecular flexibility index (Phi) is 5.16. The quantitative estimate of drug-likeness (QED) is 0.895. The number of piperidine rings is 1. The first-order valence-electron chi connectivity index (χ1n) is 7.51. The molecule has 5 nitrogen and oxygen atoms in total. The summed E-state index contributed by atoms with van der Waals surface area (Å²) in [7, 11) is 0. The summed E-state index contributed by atoms with van der Waals surface area (Å²) in [5.41, 5.74) is 0.493. The molecule has 0 aliphatic carbocycles. The molecule has 1 aliphatic rings. The second-order valence-corrected chi connectivity index (χ2v) is 6.39. The van der Waals surface area contributed by atoms with Crippen LogP contribution >= 0.6 is 23.2 Å². The second-order valence-electron chi connectivity index (χ2n) is 5.57. The molecule has 2 aromatic rings. The lowest BCUT2D eigenvalue weighted by molar-refractivity contribution is -0.120. The number of hydrogen-bond acceptors (Lipinski definition) is 4.